The highest BCUT2D eigenvalue weighted by Gasteiger charge is 2.55. The Morgan fingerprint density at radius 1 is 1.33 bits per heavy atom. The highest BCUT2D eigenvalue weighted by molar-refractivity contribution is 9.10. The van der Waals surface area contributed by atoms with Gasteiger partial charge in [0.05, 0.1) is 23.4 Å². The zero-order chi connectivity index (χ0) is 19.8. The fraction of sp³-hybridized carbons (Fsp3) is 0.350. The molecule has 1 aliphatic carbocycles. The monoisotopic (exact) mass is 425 g/mol. The number of rotatable bonds is 2. The Hall–Kier alpha value is -2.66. The van der Waals surface area contributed by atoms with E-state index in [-0.39, 0.29) is 22.8 Å². The molecule has 0 radical (unpaired) electrons. The smallest absolute Gasteiger partial charge is 0.191 e. The van der Waals surface area contributed by atoms with Crippen LogP contribution in [0, 0.1) is 51.1 Å². The SMILES string of the molecule is CCN1CC=C2C(C#N)=C(N)C(C#N)(C#N)[C@@H](c3cc(Br)ccc3F)[C@@H]2C1. The Bertz CT molecular complexity index is 962. The molecule has 0 amide bonds. The number of fused-ring (bicyclic) bond motifs is 1. The van der Waals surface area contributed by atoms with Gasteiger partial charge in [0.1, 0.15) is 11.9 Å². The molecule has 2 N–H and O–H groups in total. The summed E-state index contributed by atoms with van der Waals surface area (Å²) in [6.07, 6.45) is 1.91. The van der Waals surface area contributed by atoms with E-state index < -0.39 is 17.2 Å². The van der Waals surface area contributed by atoms with Crippen LogP contribution in [0.5, 0.6) is 0 Å². The van der Waals surface area contributed by atoms with Gasteiger partial charge in [-0.3, -0.25) is 4.90 Å². The third-order valence-electron chi connectivity index (χ3n) is 5.48. The first-order valence-electron chi connectivity index (χ1n) is 8.54. The lowest BCUT2D eigenvalue weighted by atomic mass is 9.58. The van der Waals surface area contributed by atoms with Crippen LogP contribution in [0.25, 0.3) is 0 Å². The molecule has 27 heavy (non-hydrogen) atoms. The first-order valence-corrected chi connectivity index (χ1v) is 9.33. The van der Waals surface area contributed by atoms with Crippen molar-refractivity contribution in [2.24, 2.45) is 17.1 Å². The molecule has 0 spiro atoms. The highest BCUT2D eigenvalue weighted by Crippen LogP contribution is 2.54. The van der Waals surface area contributed by atoms with Crippen molar-refractivity contribution in [2.75, 3.05) is 19.6 Å². The maximum Gasteiger partial charge on any atom is 0.191 e. The topological polar surface area (TPSA) is 101 Å². The number of nitrogens with zero attached hydrogens (tertiary/aromatic N) is 4. The minimum Gasteiger partial charge on any atom is -0.399 e. The first-order chi connectivity index (χ1) is 12.9. The minimum absolute atomic E-state index is 0.0909. The predicted octanol–water partition coefficient (Wildman–Crippen LogP) is 3.33. The molecule has 1 aliphatic heterocycles. The van der Waals surface area contributed by atoms with Crippen molar-refractivity contribution < 1.29 is 4.39 Å². The zero-order valence-corrected chi connectivity index (χ0v) is 16.3. The maximum absolute atomic E-state index is 14.8. The van der Waals surface area contributed by atoms with Gasteiger partial charge in [-0.25, -0.2) is 4.39 Å². The molecule has 1 aromatic rings. The molecule has 0 bridgehead atoms. The molecule has 5 nitrogen and oxygen atoms in total. The van der Waals surface area contributed by atoms with Crippen LogP contribution in [0.15, 0.2) is 45.6 Å². The van der Waals surface area contributed by atoms with Crippen LogP contribution in [-0.2, 0) is 0 Å². The van der Waals surface area contributed by atoms with Gasteiger partial charge in [-0.05, 0) is 35.9 Å². The van der Waals surface area contributed by atoms with E-state index in [0.717, 1.165) is 6.54 Å². The molecule has 0 saturated carbocycles. The van der Waals surface area contributed by atoms with Crippen LogP contribution in [0.4, 0.5) is 4.39 Å². The molecular weight excluding hydrogens is 409 g/mol. The summed E-state index contributed by atoms with van der Waals surface area (Å²) >= 11 is 3.35. The van der Waals surface area contributed by atoms with Crippen LogP contribution in [0.3, 0.4) is 0 Å². The third kappa shape index (κ3) is 2.82. The fourth-order valence-electron chi connectivity index (χ4n) is 4.09. The summed E-state index contributed by atoms with van der Waals surface area (Å²) in [7, 11) is 0. The standard InChI is InChI=1S/C20H17BrFN5/c1-2-27-6-5-13-15(8-23)19(26)20(10-24,11-25)18(16(13)9-27)14-7-12(21)3-4-17(14)22/h3-5,7,16,18H,2,6,9,26H2,1H3/t16-,18+/m1/s1. The number of halogens is 2. The molecule has 2 atom stereocenters. The van der Waals surface area contributed by atoms with Gasteiger partial charge in [-0.15, -0.1) is 0 Å². The number of benzene rings is 1. The largest absolute Gasteiger partial charge is 0.399 e. The Morgan fingerprint density at radius 2 is 2.04 bits per heavy atom. The van der Waals surface area contributed by atoms with Crippen molar-refractivity contribution in [3.05, 3.63) is 57.0 Å². The second kappa shape index (κ2) is 7.16. The molecule has 136 valence electrons. The molecule has 0 unspecified atom stereocenters. The number of nitrogens with two attached hydrogens (primary N) is 1. The van der Waals surface area contributed by atoms with Crippen LogP contribution in [0.1, 0.15) is 18.4 Å². The molecule has 1 heterocycles. The molecule has 7 heteroatoms. The van der Waals surface area contributed by atoms with Crippen LogP contribution in [-0.4, -0.2) is 24.5 Å². The van der Waals surface area contributed by atoms with E-state index in [1.54, 1.807) is 12.1 Å². The molecular formula is C20H17BrFN5. The van der Waals surface area contributed by atoms with E-state index in [9.17, 15) is 20.2 Å². The molecule has 1 aromatic carbocycles. The lowest BCUT2D eigenvalue weighted by molar-refractivity contribution is 0.212. The summed E-state index contributed by atoms with van der Waals surface area (Å²) in [6.45, 7) is 3.93. The van der Waals surface area contributed by atoms with Crippen LogP contribution < -0.4 is 5.73 Å². The second-order valence-corrected chi connectivity index (χ2v) is 7.61. The Labute approximate surface area is 165 Å². The number of allylic oxidation sites excluding steroid dienone is 2. The summed E-state index contributed by atoms with van der Waals surface area (Å²) in [5.41, 5.74) is 5.42. The first kappa shape index (κ1) is 19.1. The Kier molecular flexibility index (Phi) is 5.07. The lowest BCUT2D eigenvalue weighted by Gasteiger charge is -2.45. The fourth-order valence-corrected chi connectivity index (χ4v) is 4.47. The molecule has 0 saturated heterocycles. The van der Waals surface area contributed by atoms with Gasteiger partial charge in [-0.2, -0.15) is 15.8 Å². The van der Waals surface area contributed by atoms with E-state index in [1.807, 2.05) is 25.1 Å². The van der Waals surface area contributed by atoms with Crippen molar-refractivity contribution in [1.82, 2.24) is 4.90 Å². The van der Waals surface area contributed by atoms with Crippen LogP contribution in [0.2, 0.25) is 0 Å². The summed E-state index contributed by atoms with van der Waals surface area (Å²) in [5, 5.41) is 29.6. The van der Waals surface area contributed by atoms with E-state index in [1.165, 1.54) is 6.07 Å². The average molecular weight is 426 g/mol. The summed E-state index contributed by atoms with van der Waals surface area (Å²) < 4.78 is 15.5. The van der Waals surface area contributed by atoms with E-state index in [0.29, 0.717) is 23.1 Å². The quantitative estimate of drug-likeness (QED) is 0.782. The third-order valence-corrected chi connectivity index (χ3v) is 5.97. The van der Waals surface area contributed by atoms with Crippen molar-refractivity contribution in [2.45, 2.75) is 12.8 Å². The molecule has 2 aliphatic rings. The van der Waals surface area contributed by atoms with Crippen LogP contribution >= 0.6 is 15.9 Å². The van der Waals surface area contributed by atoms with E-state index >= 15 is 0 Å². The van der Waals surface area contributed by atoms with Crippen molar-refractivity contribution in [3.63, 3.8) is 0 Å². The van der Waals surface area contributed by atoms with Crippen molar-refractivity contribution in [1.29, 1.82) is 15.8 Å². The van der Waals surface area contributed by atoms with Crippen molar-refractivity contribution >= 4 is 15.9 Å². The van der Waals surface area contributed by atoms with Gasteiger partial charge >= 0.3 is 0 Å². The summed E-state index contributed by atoms with van der Waals surface area (Å²) in [6, 6.07) is 10.6. The van der Waals surface area contributed by atoms with Gasteiger partial charge in [-0.1, -0.05) is 28.9 Å². The Balaban J connectivity index is 2.36. The summed E-state index contributed by atoms with van der Waals surface area (Å²) in [4.78, 5) is 2.13. The molecule has 0 aromatic heterocycles. The second-order valence-electron chi connectivity index (χ2n) is 6.69. The Morgan fingerprint density at radius 3 is 2.63 bits per heavy atom. The van der Waals surface area contributed by atoms with Gasteiger partial charge < -0.3 is 5.73 Å². The normalized spacial score (nSPS) is 24.2. The number of likely N-dealkylation sites (N-methyl/N-ethyl adjacent to an activating group) is 1. The summed E-state index contributed by atoms with van der Waals surface area (Å²) in [5.74, 6) is -1.70. The zero-order valence-electron chi connectivity index (χ0n) is 14.7. The van der Waals surface area contributed by atoms with Gasteiger partial charge in [0.2, 0.25) is 0 Å². The average Bonchev–Trinajstić information content (AvgIpc) is 2.69. The minimum atomic E-state index is -1.81. The predicted molar refractivity (Wildman–Crippen MR) is 101 cm³/mol. The maximum atomic E-state index is 14.8. The van der Waals surface area contributed by atoms with Gasteiger partial charge in [0.15, 0.2) is 5.41 Å². The van der Waals surface area contributed by atoms with Crippen molar-refractivity contribution in [3.8, 4) is 18.2 Å². The number of hydrogen-bond donors (Lipinski definition) is 1. The highest BCUT2D eigenvalue weighted by atomic mass is 79.9. The van der Waals surface area contributed by atoms with E-state index in [4.69, 9.17) is 5.73 Å². The van der Waals surface area contributed by atoms with Gasteiger partial charge in [0, 0.05) is 29.4 Å². The lowest BCUT2D eigenvalue weighted by Crippen LogP contribution is -2.48. The number of nitriles is 3. The van der Waals surface area contributed by atoms with Gasteiger partial charge in [0.25, 0.3) is 0 Å². The molecule has 0 fully saturated rings. The number of hydrogen-bond acceptors (Lipinski definition) is 5. The molecule has 3 rings (SSSR count). The van der Waals surface area contributed by atoms with E-state index in [2.05, 4.69) is 26.9 Å².